The van der Waals surface area contributed by atoms with Crippen molar-refractivity contribution in [1.29, 1.82) is 0 Å². The fourth-order valence-electron chi connectivity index (χ4n) is 3.61. The van der Waals surface area contributed by atoms with Crippen molar-refractivity contribution in [2.24, 2.45) is 0 Å². The number of carbonyl (C=O) groups is 1. The number of benzene rings is 2. The average Bonchev–Trinajstić information content (AvgIpc) is 2.88. The first kappa shape index (κ1) is 25.2. The van der Waals surface area contributed by atoms with Crippen LogP contribution in [0.15, 0.2) is 67.1 Å². The zero-order valence-electron chi connectivity index (χ0n) is 20.4. The highest BCUT2D eigenvalue weighted by molar-refractivity contribution is 6.32. The maximum atomic E-state index is 11.5. The average molecular weight is 506 g/mol. The predicted octanol–water partition coefficient (Wildman–Crippen LogP) is 5.64. The Hall–Kier alpha value is -3.91. The first-order chi connectivity index (χ1) is 17.4. The van der Waals surface area contributed by atoms with Crippen LogP contribution in [0, 0.1) is 0 Å². The molecule has 8 nitrogen and oxygen atoms in total. The minimum atomic E-state index is -0.661. The van der Waals surface area contributed by atoms with Crippen LogP contribution in [0.2, 0.25) is 5.02 Å². The number of nitrogens with one attached hydrogen (secondary N) is 2. The minimum Gasteiger partial charge on any atom is -0.491 e. The summed E-state index contributed by atoms with van der Waals surface area (Å²) in [6.45, 7) is 6.43. The van der Waals surface area contributed by atoms with Gasteiger partial charge in [0, 0.05) is 18.3 Å². The largest absolute Gasteiger partial charge is 0.491 e. The van der Waals surface area contributed by atoms with E-state index in [1.54, 1.807) is 12.3 Å². The first-order valence-corrected chi connectivity index (χ1v) is 12.1. The number of ether oxygens (including phenoxy) is 2. The molecule has 0 unspecified atom stereocenters. The van der Waals surface area contributed by atoms with E-state index in [1.165, 1.54) is 6.33 Å². The van der Waals surface area contributed by atoms with Gasteiger partial charge in [-0.2, -0.15) is 0 Å². The van der Waals surface area contributed by atoms with Gasteiger partial charge in [-0.1, -0.05) is 30.7 Å². The van der Waals surface area contributed by atoms with E-state index in [-0.39, 0.29) is 5.91 Å². The van der Waals surface area contributed by atoms with E-state index >= 15 is 0 Å². The van der Waals surface area contributed by atoms with Crippen LogP contribution in [0.1, 0.15) is 32.9 Å². The lowest BCUT2D eigenvalue weighted by molar-refractivity contribution is -0.120. The number of hydrogen-bond acceptors (Lipinski definition) is 7. The zero-order chi connectivity index (χ0) is 25.5. The summed E-state index contributed by atoms with van der Waals surface area (Å²) < 4.78 is 12.1. The van der Waals surface area contributed by atoms with Gasteiger partial charge in [-0.15, -0.1) is 0 Å². The zero-order valence-corrected chi connectivity index (χ0v) is 21.2. The Morgan fingerprint density at radius 1 is 1.03 bits per heavy atom. The molecular weight excluding hydrogens is 478 g/mol. The number of carbonyl (C=O) groups excluding carboxylic acids is 1. The van der Waals surface area contributed by atoms with Crippen LogP contribution >= 0.6 is 11.6 Å². The summed E-state index contributed by atoms with van der Waals surface area (Å²) in [6.07, 6.45) is 3.66. The van der Waals surface area contributed by atoms with Gasteiger partial charge in [0.2, 0.25) is 5.91 Å². The maximum Gasteiger partial charge on any atom is 0.219 e. The first-order valence-electron chi connectivity index (χ1n) is 11.7. The van der Waals surface area contributed by atoms with Crippen LogP contribution in [-0.2, 0) is 10.4 Å². The lowest BCUT2D eigenvalue weighted by atomic mass is 10.0. The molecule has 0 saturated heterocycles. The standard InChI is InChI=1S/C27H28ClN5O3/c1-4-24(34)30-14-15-35-22-9-7-8-20-25(22)26(32-17-31-20)33-18-11-12-21(19(28)16-18)36-27(2,3)23-10-5-6-13-29-23/h5-13,16-17H,4,14-15H2,1-3H3,(H,30,34)(H,31,32,33). The molecule has 0 aliphatic heterocycles. The molecule has 2 heterocycles. The predicted molar refractivity (Wildman–Crippen MR) is 141 cm³/mol. The van der Waals surface area contributed by atoms with Crippen molar-refractivity contribution in [3.05, 3.63) is 77.8 Å². The molecular formula is C27H28ClN5O3. The van der Waals surface area contributed by atoms with Crippen molar-refractivity contribution in [2.45, 2.75) is 32.8 Å². The van der Waals surface area contributed by atoms with E-state index in [2.05, 4.69) is 25.6 Å². The molecule has 186 valence electrons. The van der Waals surface area contributed by atoms with Crippen LogP contribution in [0.3, 0.4) is 0 Å². The molecule has 0 saturated carbocycles. The van der Waals surface area contributed by atoms with Crippen molar-refractivity contribution >= 4 is 39.9 Å². The van der Waals surface area contributed by atoms with E-state index in [0.717, 1.165) is 22.3 Å². The van der Waals surface area contributed by atoms with Gasteiger partial charge in [0.25, 0.3) is 0 Å². The molecule has 1 amide bonds. The molecule has 2 aromatic carbocycles. The quantitative estimate of drug-likeness (QED) is 0.269. The molecule has 2 N–H and O–H groups in total. The van der Waals surface area contributed by atoms with E-state index < -0.39 is 5.60 Å². The van der Waals surface area contributed by atoms with Gasteiger partial charge in [-0.25, -0.2) is 9.97 Å². The fourth-order valence-corrected chi connectivity index (χ4v) is 3.83. The van der Waals surface area contributed by atoms with Gasteiger partial charge in [0.1, 0.15) is 35.9 Å². The smallest absolute Gasteiger partial charge is 0.219 e. The monoisotopic (exact) mass is 505 g/mol. The Kier molecular flexibility index (Phi) is 7.85. The topological polar surface area (TPSA) is 98.3 Å². The van der Waals surface area contributed by atoms with Crippen molar-refractivity contribution < 1.29 is 14.3 Å². The minimum absolute atomic E-state index is 0.0186. The molecule has 2 aromatic heterocycles. The molecule has 4 aromatic rings. The van der Waals surface area contributed by atoms with Crippen molar-refractivity contribution in [1.82, 2.24) is 20.3 Å². The van der Waals surface area contributed by atoms with Crippen LogP contribution in [0.25, 0.3) is 10.9 Å². The van der Waals surface area contributed by atoms with Crippen LogP contribution in [-0.4, -0.2) is 34.0 Å². The van der Waals surface area contributed by atoms with Gasteiger partial charge >= 0.3 is 0 Å². The molecule has 0 spiro atoms. The molecule has 0 fully saturated rings. The third kappa shape index (κ3) is 6.01. The number of halogens is 1. The van der Waals surface area contributed by atoms with Gasteiger partial charge < -0.3 is 20.1 Å². The van der Waals surface area contributed by atoms with E-state index in [0.29, 0.717) is 41.9 Å². The number of fused-ring (bicyclic) bond motifs is 1. The van der Waals surface area contributed by atoms with E-state index in [1.807, 2.05) is 69.3 Å². The third-order valence-electron chi connectivity index (χ3n) is 5.47. The Balaban J connectivity index is 1.53. The second kappa shape index (κ2) is 11.2. The number of pyridine rings is 1. The van der Waals surface area contributed by atoms with Gasteiger partial charge in [-0.3, -0.25) is 9.78 Å². The van der Waals surface area contributed by atoms with Crippen molar-refractivity contribution in [2.75, 3.05) is 18.5 Å². The second-order valence-corrected chi connectivity index (χ2v) is 8.93. The maximum absolute atomic E-state index is 11.5. The fraction of sp³-hybridized carbons (Fsp3) is 0.259. The summed E-state index contributed by atoms with van der Waals surface area (Å²) in [5.74, 6) is 1.72. The van der Waals surface area contributed by atoms with Crippen LogP contribution in [0.4, 0.5) is 11.5 Å². The van der Waals surface area contributed by atoms with Gasteiger partial charge in [0.15, 0.2) is 0 Å². The highest BCUT2D eigenvalue weighted by Gasteiger charge is 2.25. The van der Waals surface area contributed by atoms with Crippen LogP contribution < -0.4 is 20.1 Å². The molecule has 36 heavy (non-hydrogen) atoms. The van der Waals surface area contributed by atoms with Crippen molar-refractivity contribution in [3.63, 3.8) is 0 Å². The molecule has 4 rings (SSSR count). The Labute approximate surface area is 215 Å². The number of rotatable bonds is 10. The number of anilines is 2. The highest BCUT2D eigenvalue weighted by atomic mass is 35.5. The number of amides is 1. The summed E-state index contributed by atoms with van der Waals surface area (Å²) in [4.78, 5) is 24.7. The summed E-state index contributed by atoms with van der Waals surface area (Å²) >= 11 is 6.58. The number of aromatic nitrogens is 3. The SMILES string of the molecule is CCC(=O)NCCOc1cccc2ncnc(Nc3ccc(OC(C)(C)c4ccccn4)c(Cl)c3)c12. The molecule has 0 radical (unpaired) electrons. The van der Waals surface area contributed by atoms with E-state index in [4.69, 9.17) is 21.1 Å². The van der Waals surface area contributed by atoms with Crippen LogP contribution in [0.5, 0.6) is 11.5 Å². The molecule has 0 aliphatic carbocycles. The lowest BCUT2D eigenvalue weighted by Gasteiger charge is -2.26. The molecule has 9 heteroatoms. The molecule has 0 bridgehead atoms. The van der Waals surface area contributed by atoms with Gasteiger partial charge in [0.05, 0.1) is 28.2 Å². The Morgan fingerprint density at radius 3 is 2.64 bits per heavy atom. The summed E-state index contributed by atoms with van der Waals surface area (Å²) in [5.41, 5.74) is 1.60. The second-order valence-electron chi connectivity index (χ2n) is 8.52. The number of nitrogens with zero attached hydrogens (tertiary/aromatic N) is 3. The van der Waals surface area contributed by atoms with Gasteiger partial charge in [-0.05, 0) is 56.3 Å². The highest BCUT2D eigenvalue weighted by Crippen LogP contribution is 2.36. The lowest BCUT2D eigenvalue weighted by Crippen LogP contribution is -2.27. The molecule has 0 aliphatic rings. The summed E-state index contributed by atoms with van der Waals surface area (Å²) in [5, 5.41) is 7.30. The summed E-state index contributed by atoms with van der Waals surface area (Å²) in [7, 11) is 0. The Bertz CT molecular complexity index is 1340. The summed E-state index contributed by atoms with van der Waals surface area (Å²) in [6, 6.07) is 16.8. The Morgan fingerprint density at radius 2 is 1.89 bits per heavy atom. The molecule has 0 atom stereocenters. The van der Waals surface area contributed by atoms with Crippen molar-refractivity contribution in [3.8, 4) is 11.5 Å². The number of hydrogen-bond donors (Lipinski definition) is 2. The van der Waals surface area contributed by atoms with E-state index in [9.17, 15) is 4.79 Å². The third-order valence-corrected chi connectivity index (χ3v) is 5.76. The normalized spacial score (nSPS) is 11.2.